The highest BCUT2D eigenvalue weighted by Crippen LogP contribution is 2.57. The van der Waals surface area contributed by atoms with E-state index in [0.717, 1.165) is 33.4 Å². The maximum absolute atomic E-state index is 7.11. The summed E-state index contributed by atoms with van der Waals surface area (Å²) < 4.78 is 2.43. The molecule has 1 aliphatic carbocycles. The van der Waals surface area contributed by atoms with Crippen LogP contribution in [0.2, 0.25) is 0 Å². The fourth-order valence-electron chi connectivity index (χ4n) is 8.98. The second-order valence-electron chi connectivity index (χ2n) is 14.5. The van der Waals surface area contributed by atoms with E-state index >= 15 is 0 Å². The van der Waals surface area contributed by atoms with E-state index < -0.39 is 5.41 Å². The van der Waals surface area contributed by atoms with E-state index in [1.54, 1.807) is 0 Å². The number of para-hydroxylation sites is 1. The van der Waals surface area contributed by atoms with Crippen LogP contribution in [0, 0.1) is 0 Å². The zero-order valence-electron chi connectivity index (χ0n) is 30.3. The Hall–Kier alpha value is -6.81. The smallest absolute Gasteiger partial charge is 0.0942 e. The maximum Gasteiger partial charge on any atom is 0.0942 e. The van der Waals surface area contributed by atoms with Crippen molar-refractivity contribution in [2.45, 2.75) is 17.5 Å². The number of nitrogens with two attached hydrogens (primary N) is 1. The molecule has 0 saturated heterocycles. The van der Waals surface area contributed by atoms with Gasteiger partial charge in [0.05, 0.1) is 28.5 Å². The Bertz CT molecular complexity index is 2780. The van der Waals surface area contributed by atoms with E-state index in [4.69, 9.17) is 10.7 Å². The highest BCUT2D eigenvalue weighted by Gasteiger charge is 2.46. The SMILES string of the molecule is N[C@@H](c1ccccc1)[C@H](N=Cc1ccccc1)c1cccc(-n2c3ccccc3c3cc4c(cc32)C(c2ccccc2)(c2ccccc2)c2ccccc2-4)c1. The minimum Gasteiger partial charge on any atom is -0.322 e. The molecule has 0 aliphatic heterocycles. The highest BCUT2D eigenvalue weighted by atomic mass is 15.0. The average molecular weight is 706 g/mol. The van der Waals surface area contributed by atoms with Crippen molar-refractivity contribution in [2.75, 3.05) is 0 Å². The molecule has 9 aromatic rings. The molecule has 0 fully saturated rings. The number of benzene rings is 8. The van der Waals surface area contributed by atoms with Gasteiger partial charge in [-0.1, -0.05) is 176 Å². The van der Waals surface area contributed by atoms with E-state index in [9.17, 15) is 0 Å². The van der Waals surface area contributed by atoms with Crippen LogP contribution in [0.15, 0.2) is 211 Å². The van der Waals surface area contributed by atoms with Gasteiger partial charge in [0.1, 0.15) is 0 Å². The Balaban J connectivity index is 1.22. The summed E-state index contributed by atoms with van der Waals surface area (Å²) in [5.41, 5.74) is 20.8. The fourth-order valence-corrected chi connectivity index (χ4v) is 8.98. The van der Waals surface area contributed by atoms with Gasteiger partial charge < -0.3 is 10.3 Å². The van der Waals surface area contributed by atoms with Crippen LogP contribution in [0.1, 0.15) is 51.0 Å². The van der Waals surface area contributed by atoms with Gasteiger partial charge in [-0.05, 0) is 80.4 Å². The van der Waals surface area contributed by atoms with Crippen LogP contribution in [-0.4, -0.2) is 10.8 Å². The molecule has 1 aromatic heterocycles. The van der Waals surface area contributed by atoms with Crippen LogP contribution in [0.25, 0.3) is 38.6 Å². The van der Waals surface area contributed by atoms with Crippen molar-refractivity contribution in [3.63, 3.8) is 0 Å². The van der Waals surface area contributed by atoms with E-state index in [1.165, 1.54) is 44.2 Å². The summed E-state index contributed by atoms with van der Waals surface area (Å²) in [4.78, 5) is 5.18. The Morgan fingerprint density at radius 2 is 1.07 bits per heavy atom. The number of aromatic nitrogens is 1. The lowest BCUT2D eigenvalue weighted by Crippen LogP contribution is -2.28. The van der Waals surface area contributed by atoms with Gasteiger partial charge in [-0.2, -0.15) is 0 Å². The largest absolute Gasteiger partial charge is 0.322 e. The topological polar surface area (TPSA) is 43.3 Å². The third-order valence-corrected chi connectivity index (χ3v) is 11.4. The molecule has 10 rings (SSSR count). The van der Waals surface area contributed by atoms with E-state index in [2.05, 4.69) is 174 Å². The molecule has 2 N–H and O–H groups in total. The van der Waals surface area contributed by atoms with E-state index in [1.807, 2.05) is 42.6 Å². The quantitative estimate of drug-likeness (QED) is 0.157. The lowest BCUT2D eigenvalue weighted by Gasteiger charge is -2.34. The lowest BCUT2D eigenvalue weighted by molar-refractivity contribution is 0.579. The number of rotatable bonds is 8. The van der Waals surface area contributed by atoms with Crippen LogP contribution in [0.5, 0.6) is 0 Å². The predicted octanol–water partition coefficient (Wildman–Crippen LogP) is 12.0. The lowest BCUT2D eigenvalue weighted by atomic mass is 9.67. The van der Waals surface area contributed by atoms with Crippen LogP contribution in [0.4, 0.5) is 0 Å². The Morgan fingerprint density at radius 1 is 0.473 bits per heavy atom. The molecular weight excluding hydrogens is 667 g/mol. The first-order valence-corrected chi connectivity index (χ1v) is 19.0. The molecule has 0 saturated carbocycles. The maximum atomic E-state index is 7.11. The summed E-state index contributed by atoms with van der Waals surface area (Å²) in [6.07, 6.45) is 1.95. The van der Waals surface area contributed by atoms with Crippen LogP contribution in [0.3, 0.4) is 0 Å². The van der Waals surface area contributed by atoms with Gasteiger partial charge >= 0.3 is 0 Å². The molecular formula is C52H39N3. The van der Waals surface area contributed by atoms with Gasteiger partial charge in [-0.3, -0.25) is 4.99 Å². The summed E-state index contributed by atoms with van der Waals surface area (Å²) >= 11 is 0. The van der Waals surface area contributed by atoms with Gasteiger partial charge in [-0.25, -0.2) is 0 Å². The standard InChI is InChI=1S/C52H39N3/c53-50(37-20-7-2-8-21-37)51(54-35-36-18-5-1-6-19-36)38-22-17-27-41(32-38)55-48-31-16-14-29-43(48)45-33-44-42-28-13-15-30-46(42)52(47(44)34-49(45)55,39-23-9-3-10-24-39)40-25-11-4-12-26-40/h1-35,50-51H,53H2/t50-,51+/m0/s1. The van der Waals surface area contributed by atoms with Gasteiger partial charge in [-0.15, -0.1) is 0 Å². The zero-order chi connectivity index (χ0) is 36.8. The summed E-state index contributed by atoms with van der Waals surface area (Å²) in [5.74, 6) is 0. The molecule has 2 atom stereocenters. The molecule has 0 bridgehead atoms. The molecule has 8 aromatic carbocycles. The van der Waals surface area contributed by atoms with E-state index in [0.29, 0.717) is 0 Å². The molecule has 1 heterocycles. The third kappa shape index (κ3) is 5.35. The van der Waals surface area contributed by atoms with Crippen molar-refractivity contribution in [2.24, 2.45) is 10.7 Å². The molecule has 0 unspecified atom stereocenters. The zero-order valence-corrected chi connectivity index (χ0v) is 30.3. The van der Waals surface area contributed by atoms with Gasteiger partial charge in [0.25, 0.3) is 0 Å². The number of fused-ring (bicyclic) bond motifs is 6. The predicted molar refractivity (Wildman–Crippen MR) is 228 cm³/mol. The Morgan fingerprint density at radius 3 is 1.80 bits per heavy atom. The van der Waals surface area contributed by atoms with Crippen molar-refractivity contribution in [1.82, 2.24) is 4.57 Å². The first kappa shape index (κ1) is 32.8. The van der Waals surface area contributed by atoms with Crippen molar-refractivity contribution in [1.29, 1.82) is 0 Å². The first-order valence-electron chi connectivity index (χ1n) is 19.0. The Labute approximate surface area is 321 Å². The summed E-state index contributed by atoms with van der Waals surface area (Å²) in [6.45, 7) is 0. The molecule has 3 heteroatoms. The first-order chi connectivity index (χ1) is 27.2. The van der Waals surface area contributed by atoms with Crippen molar-refractivity contribution >= 4 is 28.0 Å². The molecule has 55 heavy (non-hydrogen) atoms. The second-order valence-corrected chi connectivity index (χ2v) is 14.5. The minimum atomic E-state index is -0.495. The van der Waals surface area contributed by atoms with Gasteiger partial charge in [0, 0.05) is 22.7 Å². The van der Waals surface area contributed by atoms with Crippen molar-refractivity contribution in [3.05, 3.63) is 245 Å². The van der Waals surface area contributed by atoms with Crippen molar-refractivity contribution < 1.29 is 0 Å². The van der Waals surface area contributed by atoms with E-state index in [-0.39, 0.29) is 12.1 Å². The summed E-state index contributed by atoms with van der Waals surface area (Å²) in [5, 5.41) is 2.45. The summed E-state index contributed by atoms with van der Waals surface area (Å²) in [7, 11) is 0. The average Bonchev–Trinajstić information content (AvgIpc) is 3.74. The number of aliphatic imine (C=N–C) groups is 1. The van der Waals surface area contributed by atoms with Crippen LogP contribution >= 0.6 is 0 Å². The third-order valence-electron chi connectivity index (χ3n) is 11.4. The number of hydrogen-bond donors (Lipinski definition) is 1. The van der Waals surface area contributed by atoms with Crippen LogP contribution < -0.4 is 5.73 Å². The minimum absolute atomic E-state index is 0.307. The molecule has 0 radical (unpaired) electrons. The number of nitrogens with zero attached hydrogens (tertiary/aromatic N) is 2. The molecule has 3 nitrogen and oxygen atoms in total. The normalized spacial score (nSPS) is 14.2. The Kier molecular flexibility index (Phi) is 8.09. The molecule has 0 spiro atoms. The van der Waals surface area contributed by atoms with Crippen LogP contribution in [-0.2, 0) is 5.41 Å². The van der Waals surface area contributed by atoms with Gasteiger partial charge in [0.2, 0.25) is 0 Å². The monoisotopic (exact) mass is 705 g/mol. The fraction of sp³-hybridized carbons (Fsp3) is 0.0577. The second kappa shape index (κ2) is 13.6. The summed E-state index contributed by atoms with van der Waals surface area (Å²) in [6, 6.07) is 73.4. The van der Waals surface area contributed by atoms with Crippen molar-refractivity contribution in [3.8, 4) is 16.8 Å². The number of hydrogen-bond acceptors (Lipinski definition) is 2. The molecule has 1 aliphatic rings. The molecule has 262 valence electrons. The molecule has 0 amide bonds. The highest BCUT2D eigenvalue weighted by molar-refractivity contribution is 6.12. The van der Waals surface area contributed by atoms with Gasteiger partial charge in [0.15, 0.2) is 0 Å².